The highest BCUT2D eigenvalue weighted by molar-refractivity contribution is 6.00. The van der Waals surface area contributed by atoms with Crippen LogP contribution in [0.3, 0.4) is 0 Å². The molecule has 0 aromatic heterocycles. The smallest absolute Gasteiger partial charge is 0.166 e. The van der Waals surface area contributed by atoms with E-state index in [1.165, 1.54) is 17.2 Å². The second-order valence-electron chi connectivity index (χ2n) is 5.87. The molecule has 21 heavy (non-hydrogen) atoms. The summed E-state index contributed by atoms with van der Waals surface area (Å²) in [5.41, 5.74) is 3.72. The number of carbonyl (C=O) groups excluding carboxylic acids is 1. The van der Waals surface area contributed by atoms with Crippen LogP contribution in [0.25, 0.3) is 0 Å². The van der Waals surface area contributed by atoms with Gasteiger partial charge in [0.1, 0.15) is 5.82 Å². The van der Waals surface area contributed by atoms with E-state index in [4.69, 9.17) is 0 Å². The van der Waals surface area contributed by atoms with Crippen molar-refractivity contribution in [2.24, 2.45) is 5.92 Å². The van der Waals surface area contributed by atoms with Crippen LogP contribution in [0.5, 0.6) is 0 Å². The van der Waals surface area contributed by atoms with Crippen LogP contribution in [-0.4, -0.2) is 5.78 Å². The third kappa shape index (κ3) is 2.76. The third-order valence-electron chi connectivity index (χ3n) is 4.39. The van der Waals surface area contributed by atoms with Crippen LogP contribution in [0, 0.1) is 18.7 Å². The van der Waals surface area contributed by atoms with Crippen molar-refractivity contribution >= 4 is 5.78 Å². The van der Waals surface area contributed by atoms with E-state index >= 15 is 0 Å². The van der Waals surface area contributed by atoms with Crippen LogP contribution in [-0.2, 0) is 6.42 Å². The molecule has 1 fully saturated rings. The summed E-state index contributed by atoms with van der Waals surface area (Å²) in [5, 5.41) is 0. The zero-order valence-electron chi connectivity index (χ0n) is 12.4. The zero-order chi connectivity index (χ0) is 15.0. The summed E-state index contributed by atoms with van der Waals surface area (Å²) in [6.45, 7) is 3.83. The molecule has 1 saturated carbocycles. The normalized spacial score (nSPS) is 20.3. The molecule has 3 rings (SSSR count). The van der Waals surface area contributed by atoms with Gasteiger partial charge < -0.3 is 0 Å². The Morgan fingerprint density at radius 3 is 2.52 bits per heavy atom. The molecule has 2 atom stereocenters. The summed E-state index contributed by atoms with van der Waals surface area (Å²) in [6.07, 6.45) is 1.93. The predicted molar refractivity (Wildman–Crippen MR) is 82.1 cm³/mol. The average molecular weight is 282 g/mol. The maximum absolute atomic E-state index is 13.3. The van der Waals surface area contributed by atoms with Crippen molar-refractivity contribution in [1.82, 2.24) is 0 Å². The van der Waals surface area contributed by atoms with E-state index < -0.39 is 0 Å². The SMILES string of the molecule is CCc1ccc(C2CC2C(=O)c2ccc(F)c(C)c2)cc1. The molecule has 2 aromatic carbocycles. The number of Topliss-reactive ketones (excluding diaryl/α,β-unsaturated/α-hetero) is 1. The number of aryl methyl sites for hydroxylation is 2. The molecule has 0 N–H and O–H groups in total. The topological polar surface area (TPSA) is 17.1 Å². The number of hydrogen-bond acceptors (Lipinski definition) is 1. The second kappa shape index (κ2) is 5.44. The molecule has 0 saturated heterocycles. The standard InChI is InChI=1S/C19H19FO/c1-3-13-4-6-14(7-5-13)16-11-17(16)19(21)15-8-9-18(20)12(2)10-15/h4-10,16-17H,3,11H2,1-2H3. The lowest BCUT2D eigenvalue weighted by atomic mass is 10.0. The molecule has 1 aliphatic rings. The molecule has 1 aliphatic carbocycles. The van der Waals surface area contributed by atoms with Gasteiger partial charge in [-0.15, -0.1) is 0 Å². The van der Waals surface area contributed by atoms with Gasteiger partial charge in [-0.25, -0.2) is 4.39 Å². The van der Waals surface area contributed by atoms with Crippen molar-refractivity contribution in [3.8, 4) is 0 Å². The zero-order valence-corrected chi connectivity index (χ0v) is 12.4. The van der Waals surface area contributed by atoms with Crippen molar-refractivity contribution in [3.63, 3.8) is 0 Å². The highest BCUT2D eigenvalue weighted by Crippen LogP contribution is 2.49. The summed E-state index contributed by atoms with van der Waals surface area (Å²) in [6, 6.07) is 13.2. The van der Waals surface area contributed by atoms with Crippen molar-refractivity contribution < 1.29 is 9.18 Å². The first kappa shape index (κ1) is 14.0. The first-order valence-electron chi connectivity index (χ1n) is 7.49. The van der Waals surface area contributed by atoms with E-state index in [2.05, 4.69) is 31.2 Å². The summed E-state index contributed by atoms with van der Waals surface area (Å²) < 4.78 is 13.3. The van der Waals surface area contributed by atoms with Gasteiger partial charge in [0, 0.05) is 11.5 Å². The minimum Gasteiger partial charge on any atom is -0.294 e. The fraction of sp³-hybridized carbons (Fsp3) is 0.316. The summed E-state index contributed by atoms with van der Waals surface area (Å²) >= 11 is 0. The van der Waals surface area contributed by atoms with Crippen molar-refractivity contribution in [1.29, 1.82) is 0 Å². The number of hydrogen-bond donors (Lipinski definition) is 0. The molecule has 108 valence electrons. The van der Waals surface area contributed by atoms with E-state index in [9.17, 15) is 9.18 Å². The molecular formula is C19H19FO. The number of rotatable bonds is 4. The van der Waals surface area contributed by atoms with Gasteiger partial charge in [0.05, 0.1) is 0 Å². The molecule has 2 unspecified atom stereocenters. The molecule has 1 nitrogen and oxygen atoms in total. The van der Waals surface area contributed by atoms with E-state index in [1.807, 2.05) is 0 Å². The Balaban J connectivity index is 1.74. The first-order chi connectivity index (χ1) is 10.1. The molecule has 0 aliphatic heterocycles. The lowest BCUT2D eigenvalue weighted by Crippen LogP contribution is -2.04. The Morgan fingerprint density at radius 1 is 1.19 bits per heavy atom. The lowest BCUT2D eigenvalue weighted by molar-refractivity contribution is 0.0965. The first-order valence-corrected chi connectivity index (χ1v) is 7.49. The largest absolute Gasteiger partial charge is 0.294 e. The molecule has 0 radical (unpaired) electrons. The maximum Gasteiger partial charge on any atom is 0.166 e. The van der Waals surface area contributed by atoms with Gasteiger partial charge in [0.25, 0.3) is 0 Å². The Hall–Kier alpha value is -1.96. The third-order valence-corrected chi connectivity index (χ3v) is 4.39. The van der Waals surface area contributed by atoms with Crippen LogP contribution >= 0.6 is 0 Å². The summed E-state index contributed by atoms with van der Waals surface area (Å²) in [4.78, 5) is 12.5. The lowest BCUT2D eigenvalue weighted by Gasteiger charge is -2.04. The van der Waals surface area contributed by atoms with Crippen molar-refractivity contribution in [3.05, 3.63) is 70.5 Å². The van der Waals surface area contributed by atoms with Gasteiger partial charge in [0.15, 0.2) is 5.78 Å². The fourth-order valence-electron chi connectivity index (χ4n) is 2.87. The van der Waals surface area contributed by atoms with Crippen LogP contribution in [0.4, 0.5) is 4.39 Å². The molecule has 2 heteroatoms. The van der Waals surface area contributed by atoms with E-state index in [0.29, 0.717) is 17.0 Å². The monoisotopic (exact) mass is 282 g/mol. The Morgan fingerprint density at radius 2 is 1.90 bits per heavy atom. The van der Waals surface area contributed by atoms with Crippen molar-refractivity contribution in [2.75, 3.05) is 0 Å². The molecule has 0 bridgehead atoms. The summed E-state index contributed by atoms with van der Waals surface area (Å²) in [7, 11) is 0. The van der Waals surface area contributed by atoms with E-state index in [0.717, 1.165) is 12.8 Å². The minimum absolute atomic E-state index is 0.0577. The van der Waals surface area contributed by atoms with Crippen LogP contribution in [0.15, 0.2) is 42.5 Å². The highest BCUT2D eigenvalue weighted by atomic mass is 19.1. The predicted octanol–water partition coefficient (Wildman–Crippen LogP) is 4.68. The van der Waals surface area contributed by atoms with Gasteiger partial charge in [-0.3, -0.25) is 4.79 Å². The van der Waals surface area contributed by atoms with Gasteiger partial charge in [-0.1, -0.05) is 31.2 Å². The molecule has 0 spiro atoms. The number of carbonyl (C=O) groups is 1. The Kier molecular flexibility index (Phi) is 3.62. The van der Waals surface area contributed by atoms with Crippen molar-refractivity contribution in [2.45, 2.75) is 32.6 Å². The Labute approximate surface area is 124 Å². The molecule has 2 aromatic rings. The number of ketones is 1. The van der Waals surface area contributed by atoms with Crippen LogP contribution in [0.2, 0.25) is 0 Å². The number of benzene rings is 2. The van der Waals surface area contributed by atoms with Gasteiger partial charge in [-0.05, 0) is 60.6 Å². The summed E-state index contributed by atoms with van der Waals surface area (Å²) in [5.74, 6) is 0.271. The van der Waals surface area contributed by atoms with Crippen LogP contribution in [0.1, 0.15) is 46.3 Å². The maximum atomic E-state index is 13.3. The van der Waals surface area contributed by atoms with E-state index in [1.54, 1.807) is 19.1 Å². The molecule has 0 heterocycles. The quantitative estimate of drug-likeness (QED) is 0.744. The average Bonchev–Trinajstić information content (AvgIpc) is 3.30. The van der Waals surface area contributed by atoms with Crippen LogP contribution < -0.4 is 0 Å². The van der Waals surface area contributed by atoms with Gasteiger partial charge >= 0.3 is 0 Å². The Bertz CT molecular complexity index is 672. The van der Waals surface area contributed by atoms with Gasteiger partial charge in [0.2, 0.25) is 0 Å². The second-order valence-corrected chi connectivity index (χ2v) is 5.87. The van der Waals surface area contributed by atoms with Gasteiger partial charge in [-0.2, -0.15) is 0 Å². The molecular weight excluding hydrogens is 263 g/mol. The highest BCUT2D eigenvalue weighted by Gasteiger charge is 2.43. The minimum atomic E-state index is -0.256. The fourth-order valence-corrected chi connectivity index (χ4v) is 2.87. The number of halogens is 1. The molecule has 0 amide bonds. The van der Waals surface area contributed by atoms with E-state index in [-0.39, 0.29) is 17.5 Å².